The highest BCUT2D eigenvalue weighted by Gasteiger charge is 2.27. The number of nitrogens with zero attached hydrogens (tertiary/aromatic N) is 1. The van der Waals surface area contributed by atoms with Crippen molar-refractivity contribution >= 4 is 11.7 Å². The molecular weight excluding hydrogens is 246 g/mol. The van der Waals surface area contributed by atoms with Crippen LogP contribution in [0, 0.1) is 16.0 Å². The van der Waals surface area contributed by atoms with Gasteiger partial charge in [0.1, 0.15) is 0 Å². The van der Waals surface area contributed by atoms with Crippen molar-refractivity contribution in [1.29, 1.82) is 0 Å². The fraction of sp³-hybridized carbons (Fsp3) is 0.500. The Hall–Kier alpha value is -1.91. The molecule has 1 fully saturated rings. The fourth-order valence-electron chi connectivity index (χ4n) is 2.81. The number of benzene rings is 1. The molecule has 2 rings (SSSR count). The number of carbonyl (C=O) groups is 1. The first-order valence-electron chi connectivity index (χ1n) is 6.55. The Morgan fingerprint density at radius 1 is 1.42 bits per heavy atom. The van der Waals surface area contributed by atoms with E-state index >= 15 is 0 Å². The molecule has 19 heavy (non-hydrogen) atoms. The van der Waals surface area contributed by atoms with Crippen LogP contribution in [0.3, 0.4) is 0 Å². The highest BCUT2D eigenvalue weighted by Crippen LogP contribution is 2.35. The van der Waals surface area contributed by atoms with Crippen LogP contribution in [0.2, 0.25) is 0 Å². The lowest BCUT2D eigenvalue weighted by Gasteiger charge is -2.16. The smallest absolute Gasteiger partial charge is 0.310 e. The third kappa shape index (κ3) is 3.30. The van der Waals surface area contributed by atoms with Gasteiger partial charge in [0.05, 0.1) is 10.8 Å². The molecule has 1 aromatic carbocycles. The lowest BCUT2D eigenvalue weighted by atomic mass is 9.88. The van der Waals surface area contributed by atoms with Gasteiger partial charge in [0, 0.05) is 12.1 Å². The lowest BCUT2D eigenvalue weighted by Crippen LogP contribution is -2.15. The molecule has 1 aromatic rings. The van der Waals surface area contributed by atoms with Crippen LogP contribution in [0.1, 0.15) is 43.6 Å². The van der Waals surface area contributed by atoms with Gasteiger partial charge in [-0.3, -0.25) is 14.9 Å². The van der Waals surface area contributed by atoms with Crippen LogP contribution in [0.25, 0.3) is 0 Å². The number of nitro benzene ring substituents is 1. The molecule has 0 spiro atoms. The number of carboxylic acids is 1. The Kier molecular flexibility index (Phi) is 4.14. The molecule has 0 aromatic heterocycles. The minimum absolute atomic E-state index is 0.0461. The molecule has 0 aliphatic heterocycles. The minimum Gasteiger partial charge on any atom is -0.481 e. The third-order valence-corrected chi connectivity index (χ3v) is 3.83. The second-order valence-corrected chi connectivity index (χ2v) is 5.13. The Labute approximate surface area is 111 Å². The Morgan fingerprint density at radius 3 is 2.68 bits per heavy atom. The summed E-state index contributed by atoms with van der Waals surface area (Å²) in [5.74, 6) is -1.10. The summed E-state index contributed by atoms with van der Waals surface area (Å²) in [4.78, 5) is 21.7. The summed E-state index contributed by atoms with van der Waals surface area (Å²) in [7, 11) is 0. The second-order valence-electron chi connectivity index (χ2n) is 5.13. The lowest BCUT2D eigenvalue weighted by molar-refractivity contribution is -0.384. The summed E-state index contributed by atoms with van der Waals surface area (Å²) in [6.45, 7) is 0. The monoisotopic (exact) mass is 263 g/mol. The summed E-state index contributed by atoms with van der Waals surface area (Å²) in [6.07, 6.45) is 5.03. The van der Waals surface area contributed by atoms with Gasteiger partial charge in [0.2, 0.25) is 0 Å². The van der Waals surface area contributed by atoms with E-state index in [2.05, 4.69) is 0 Å². The van der Waals surface area contributed by atoms with Crippen molar-refractivity contribution < 1.29 is 14.8 Å². The number of hydrogen-bond acceptors (Lipinski definition) is 3. The molecule has 0 heterocycles. The quantitative estimate of drug-likeness (QED) is 0.652. The van der Waals surface area contributed by atoms with Gasteiger partial charge in [-0.2, -0.15) is 0 Å². The number of rotatable bonds is 5. The molecule has 102 valence electrons. The SMILES string of the molecule is O=C(O)C(CC1CCCC1)c1cccc([N+](=O)[O-])c1. The van der Waals surface area contributed by atoms with Crippen LogP contribution in [-0.4, -0.2) is 16.0 Å². The molecular formula is C14H17NO4. The Balaban J connectivity index is 2.20. The topological polar surface area (TPSA) is 80.4 Å². The standard InChI is InChI=1S/C14H17NO4/c16-14(17)13(8-10-4-1-2-5-10)11-6-3-7-12(9-11)15(18)19/h3,6-7,9-10,13H,1-2,4-5,8H2,(H,16,17). The van der Waals surface area contributed by atoms with E-state index in [4.69, 9.17) is 0 Å². The maximum atomic E-state index is 11.4. The summed E-state index contributed by atoms with van der Waals surface area (Å²) < 4.78 is 0. The van der Waals surface area contributed by atoms with Gasteiger partial charge < -0.3 is 5.11 Å². The van der Waals surface area contributed by atoms with Gasteiger partial charge in [0.15, 0.2) is 0 Å². The molecule has 0 bridgehead atoms. The minimum atomic E-state index is -0.896. The average molecular weight is 263 g/mol. The molecule has 1 atom stereocenters. The van der Waals surface area contributed by atoms with Crippen molar-refractivity contribution in [3.63, 3.8) is 0 Å². The number of carboxylic acid groups (broad SMARTS) is 1. The van der Waals surface area contributed by atoms with Crippen LogP contribution >= 0.6 is 0 Å². The molecule has 1 aliphatic carbocycles. The largest absolute Gasteiger partial charge is 0.481 e. The van der Waals surface area contributed by atoms with Gasteiger partial charge >= 0.3 is 5.97 Å². The number of non-ortho nitro benzene ring substituents is 1. The van der Waals surface area contributed by atoms with Crippen LogP contribution in [-0.2, 0) is 4.79 Å². The van der Waals surface area contributed by atoms with Gasteiger partial charge in [-0.15, -0.1) is 0 Å². The van der Waals surface area contributed by atoms with Crippen LogP contribution in [0.15, 0.2) is 24.3 Å². The predicted molar refractivity (Wildman–Crippen MR) is 70.0 cm³/mol. The van der Waals surface area contributed by atoms with Crippen molar-refractivity contribution in [2.75, 3.05) is 0 Å². The van der Waals surface area contributed by atoms with E-state index in [0.717, 1.165) is 25.7 Å². The zero-order chi connectivity index (χ0) is 13.8. The molecule has 1 aliphatic rings. The summed E-state index contributed by atoms with van der Waals surface area (Å²) >= 11 is 0. The van der Waals surface area contributed by atoms with Crippen molar-refractivity contribution in [2.24, 2.45) is 5.92 Å². The first-order chi connectivity index (χ1) is 9.08. The summed E-state index contributed by atoms with van der Waals surface area (Å²) in [6, 6.07) is 5.99. The highest BCUT2D eigenvalue weighted by molar-refractivity contribution is 5.76. The average Bonchev–Trinajstić information content (AvgIpc) is 2.88. The molecule has 5 nitrogen and oxygen atoms in total. The molecule has 0 radical (unpaired) electrons. The van der Waals surface area contributed by atoms with Crippen molar-refractivity contribution in [3.05, 3.63) is 39.9 Å². The van der Waals surface area contributed by atoms with Crippen molar-refractivity contribution in [2.45, 2.75) is 38.0 Å². The Bertz CT molecular complexity index is 480. The number of hydrogen-bond donors (Lipinski definition) is 1. The van der Waals surface area contributed by atoms with E-state index in [9.17, 15) is 20.0 Å². The molecule has 0 amide bonds. The van der Waals surface area contributed by atoms with Crippen LogP contribution < -0.4 is 0 Å². The number of aliphatic carboxylic acids is 1. The predicted octanol–water partition coefficient (Wildman–Crippen LogP) is 3.34. The van der Waals surface area contributed by atoms with E-state index in [0.29, 0.717) is 17.9 Å². The number of nitro groups is 1. The third-order valence-electron chi connectivity index (χ3n) is 3.83. The second kappa shape index (κ2) is 5.82. The fourth-order valence-corrected chi connectivity index (χ4v) is 2.81. The van der Waals surface area contributed by atoms with Gasteiger partial charge in [-0.1, -0.05) is 37.8 Å². The summed E-state index contributed by atoms with van der Waals surface area (Å²) in [5, 5.41) is 20.1. The molecule has 1 unspecified atom stereocenters. The first kappa shape index (κ1) is 13.5. The molecule has 1 saturated carbocycles. The molecule has 0 saturated heterocycles. The van der Waals surface area contributed by atoms with E-state index < -0.39 is 16.8 Å². The Morgan fingerprint density at radius 2 is 2.11 bits per heavy atom. The zero-order valence-corrected chi connectivity index (χ0v) is 10.6. The van der Waals surface area contributed by atoms with Gasteiger partial charge in [-0.05, 0) is 17.9 Å². The van der Waals surface area contributed by atoms with Crippen molar-refractivity contribution in [3.8, 4) is 0 Å². The van der Waals surface area contributed by atoms with E-state index in [1.807, 2.05) is 0 Å². The van der Waals surface area contributed by atoms with Gasteiger partial charge in [0.25, 0.3) is 5.69 Å². The van der Waals surface area contributed by atoms with Crippen LogP contribution in [0.4, 0.5) is 5.69 Å². The van der Waals surface area contributed by atoms with E-state index in [-0.39, 0.29) is 5.69 Å². The zero-order valence-electron chi connectivity index (χ0n) is 10.6. The van der Waals surface area contributed by atoms with E-state index in [1.54, 1.807) is 12.1 Å². The summed E-state index contributed by atoms with van der Waals surface area (Å²) in [5.41, 5.74) is 0.490. The normalized spacial score (nSPS) is 17.3. The van der Waals surface area contributed by atoms with E-state index in [1.165, 1.54) is 12.1 Å². The first-order valence-corrected chi connectivity index (χ1v) is 6.55. The maximum absolute atomic E-state index is 11.4. The highest BCUT2D eigenvalue weighted by atomic mass is 16.6. The maximum Gasteiger partial charge on any atom is 0.310 e. The molecule has 5 heteroatoms. The molecule has 1 N–H and O–H groups in total. The van der Waals surface area contributed by atoms with Gasteiger partial charge in [-0.25, -0.2) is 0 Å². The van der Waals surface area contributed by atoms with Crippen LogP contribution in [0.5, 0.6) is 0 Å². The van der Waals surface area contributed by atoms with Crippen molar-refractivity contribution in [1.82, 2.24) is 0 Å².